The van der Waals surface area contributed by atoms with Gasteiger partial charge in [-0.05, 0) is 19.4 Å². The highest BCUT2D eigenvalue weighted by molar-refractivity contribution is 4.90. The molecule has 0 spiro atoms. The molecule has 0 unspecified atom stereocenters. The fourth-order valence-electron chi connectivity index (χ4n) is 1.26. The minimum atomic E-state index is 0.844. The molecule has 0 fully saturated rings. The molecule has 0 aliphatic carbocycles. The van der Waals surface area contributed by atoms with Crippen LogP contribution in [0.15, 0.2) is 12.4 Å². The third-order valence-electron chi connectivity index (χ3n) is 2.16. The minimum Gasteiger partial charge on any atom is -0.385 e. The fourth-order valence-corrected chi connectivity index (χ4v) is 1.26. The van der Waals surface area contributed by atoms with Crippen LogP contribution in [-0.2, 0) is 18.3 Å². The Morgan fingerprint density at radius 1 is 1.50 bits per heavy atom. The number of hydrogen-bond acceptors (Lipinski definition) is 3. The minimum absolute atomic E-state index is 0.844. The van der Waals surface area contributed by atoms with Crippen LogP contribution in [0.4, 0.5) is 0 Å². The molecule has 4 heteroatoms. The molecule has 14 heavy (non-hydrogen) atoms. The molecule has 1 rings (SSSR count). The van der Waals surface area contributed by atoms with Gasteiger partial charge in [-0.3, -0.25) is 0 Å². The van der Waals surface area contributed by atoms with Gasteiger partial charge >= 0.3 is 0 Å². The molecule has 0 aliphatic rings. The molecule has 0 atom stereocenters. The van der Waals surface area contributed by atoms with Crippen molar-refractivity contribution < 1.29 is 4.74 Å². The van der Waals surface area contributed by atoms with E-state index in [1.54, 1.807) is 7.11 Å². The van der Waals surface area contributed by atoms with Crippen LogP contribution >= 0.6 is 0 Å². The summed E-state index contributed by atoms with van der Waals surface area (Å²) in [6, 6.07) is 0. The van der Waals surface area contributed by atoms with Gasteiger partial charge in [-0.25, -0.2) is 4.98 Å². The molecular weight excluding hydrogens is 178 g/mol. The Labute approximate surface area is 85.3 Å². The predicted octanol–water partition coefficient (Wildman–Crippen LogP) is 0.936. The molecule has 1 heterocycles. The number of aryl methyl sites for hydroxylation is 1. The molecule has 0 saturated heterocycles. The lowest BCUT2D eigenvalue weighted by Crippen LogP contribution is -2.17. The van der Waals surface area contributed by atoms with E-state index in [1.807, 2.05) is 24.0 Å². The maximum absolute atomic E-state index is 4.97. The van der Waals surface area contributed by atoms with E-state index in [9.17, 15) is 0 Å². The second-order valence-electron chi connectivity index (χ2n) is 3.33. The Hall–Kier alpha value is -0.870. The van der Waals surface area contributed by atoms with E-state index in [-0.39, 0.29) is 0 Å². The van der Waals surface area contributed by atoms with Crippen LogP contribution in [0.2, 0.25) is 0 Å². The summed E-state index contributed by atoms with van der Waals surface area (Å²) in [6.45, 7) is 2.72. The van der Waals surface area contributed by atoms with Crippen LogP contribution < -0.4 is 5.32 Å². The van der Waals surface area contributed by atoms with Crippen molar-refractivity contribution in [3.05, 3.63) is 18.2 Å². The molecule has 1 aromatic heterocycles. The third kappa shape index (κ3) is 3.89. The van der Waals surface area contributed by atoms with E-state index < -0.39 is 0 Å². The fraction of sp³-hybridized carbons (Fsp3) is 0.700. The molecule has 0 saturated carbocycles. The van der Waals surface area contributed by atoms with Gasteiger partial charge in [0.2, 0.25) is 0 Å². The first kappa shape index (κ1) is 11.2. The number of imidazole rings is 1. The van der Waals surface area contributed by atoms with Crippen molar-refractivity contribution in [2.75, 3.05) is 20.3 Å². The van der Waals surface area contributed by atoms with Crippen molar-refractivity contribution in [1.29, 1.82) is 0 Å². The van der Waals surface area contributed by atoms with Crippen molar-refractivity contribution in [2.45, 2.75) is 19.4 Å². The van der Waals surface area contributed by atoms with Gasteiger partial charge in [0.25, 0.3) is 0 Å². The average molecular weight is 197 g/mol. The summed E-state index contributed by atoms with van der Waals surface area (Å²) >= 11 is 0. The van der Waals surface area contributed by atoms with Gasteiger partial charge in [0.05, 0.1) is 6.54 Å². The van der Waals surface area contributed by atoms with Crippen molar-refractivity contribution >= 4 is 0 Å². The second kappa shape index (κ2) is 6.56. The van der Waals surface area contributed by atoms with E-state index in [4.69, 9.17) is 4.74 Å². The van der Waals surface area contributed by atoms with Gasteiger partial charge in [0, 0.05) is 33.2 Å². The summed E-state index contributed by atoms with van der Waals surface area (Å²) in [7, 11) is 3.75. The number of aromatic nitrogens is 2. The third-order valence-corrected chi connectivity index (χ3v) is 2.16. The summed E-state index contributed by atoms with van der Waals surface area (Å²) in [5, 5.41) is 3.35. The SMILES string of the molecule is COCCCCNCc1nccn1C. The molecule has 1 aromatic rings. The first-order chi connectivity index (χ1) is 6.84. The van der Waals surface area contributed by atoms with Crippen LogP contribution in [-0.4, -0.2) is 29.8 Å². The Balaban J connectivity index is 2.02. The molecule has 0 bridgehead atoms. The van der Waals surface area contributed by atoms with E-state index in [1.165, 1.54) is 0 Å². The summed E-state index contributed by atoms with van der Waals surface area (Å²) in [4.78, 5) is 4.23. The monoisotopic (exact) mass is 197 g/mol. The van der Waals surface area contributed by atoms with Crippen LogP contribution in [0, 0.1) is 0 Å². The van der Waals surface area contributed by atoms with Crippen LogP contribution in [0.5, 0.6) is 0 Å². The normalized spacial score (nSPS) is 10.7. The summed E-state index contributed by atoms with van der Waals surface area (Å²) in [5.41, 5.74) is 0. The number of nitrogens with one attached hydrogen (secondary N) is 1. The highest BCUT2D eigenvalue weighted by Gasteiger charge is 1.96. The van der Waals surface area contributed by atoms with E-state index in [2.05, 4.69) is 10.3 Å². The lowest BCUT2D eigenvalue weighted by molar-refractivity contribution is 0.192. The number of nitrogens with zero attached hydrogens (tertiary/aromatic N) is 2. The predicted molar refractivity (Wildman–Crippen MR) is 56.0 cm³/mol. The van der Waals surface area contributed by atoms with Crippen molar-refractivity contribution in [1.82, 2.24) is 14.9 Å². The maximum Gasteiger partial charge on any atom is 0.122 e. The molecule has 0 radical (unpaired) electrons. The van der Waals surface area contributed by atoms with E-state index >= 15 is 0 Å². The Bertz CT molecular complexity index is 247. The smallest absolute Gasteiger partial charge is 0.122 e. The van der Waals surface area contributed by atoms with Crippen LogP contribution in [0.25, 0.3) is 0 Å². The van der Waals surface area contributed by atoms with Crippen molar-refractivity contribution in [3.63, 3.8) is 0 Å². The number of hydrogen-bond donors (Lipinski definition) is 1. The Morgan fingerprint density at radius 3 is 3.00 bits per heavy atom. The molecule has 4 nitrogen and oxygen atoms in total. The molecule has 1 N–H and O–H groups in total. The van der Waals surface area contributed by atoms with Gasteiger partial charge in [0.15, 0.2) is 0 Å². The average Bonchev–Trinajstić information content (AvgIpc) is 2.58. The Morgan fingerprint density at radius 2 is 2.36 bits per heavy atom. The van der Waals surface area contributed by atoms with Gasteiger partial charge in [-0.15, -0.1) is 0 Å². The number of unbranched alkanes of at least 4 members (excludes halogenated alkanes) is 1. The van der Waals surface area contributed by atoms with Gasteiger partial charge in [-0.1, -0.05) is 0 Å². The van der Waals surface area contributed by atoms with Crippen molar-refractivity contribution in [3.8, 4) is 0 Å². The van der Waals surface area contributed by atoms with E-state index in [0.717, 1.165) is 38.4 Å². The topological polar surface area (TPSA) is 39.1 Å². The zero-order valence-electron chi connectivity index (χ0n) is 8.99. The largest absolute Gasteiger partial charge is 0.385 e. The standard InChI is InChI=1S/C10H19N3O/c1-13-7-6-12-10(13)9-11-5-3-4-8-14-2/h6-7,11H,3-5,8-9H2,1-2H3. The zero-order chi connectivity index (χ0) is 10.2. The summed E-state index contributed by atoms with van der Waals surface area (Å²) < 4.78 is 7.00. The van der Waals surface area contributed by atoms with Crippen LogP contribution in [0.1, 0.15) is 18.7 Å². The van der Waals surface area contributed by atoms with Gasteiger partial charge in [0.1, 0.15) is 5.82 Å². The number of rotatable bonds is 7. The first-order valence-electron chi connectivity index (χ1n) is 5.00. The molecule has 80 valence electrons. The first-order valence-corrected chi connectivity index (χ1v) is 5.00. The zero-order valence-corrected chi connectivity index (χ0v) is 8.99. The maximum atomic E-state index is 4.97. The summed E-state index contributed by atoms with van der Waals surface area (Å²) in [6.07, 6.45) is 6.05. The van der Waals surface area contributed by atoms with E-state index in [0.29, 0.717) is 0 Å². The summed E-state index contributed by atoms with van der Waals surface area (Å²) in [5.74, 6) is 1.08. The lowest BCUT2D eigenvalue weighted by Gasteiger charge is -2.04. The highest BCUT2D eigenvalue weighted by Crippen LogP contribution is 1.93. The van der Waals surface area contributed by atoms with Crippen molar-refractivity contribution in [2.24, 2.45) is 7.05 Å². The molecular formula is C10H19N3O. The van der Waals surface area contributed by atoms with Crippen LogP contribution in [0.3, 0.4) is 0 Å². The number of methoxy groups -OCH3 is 1. The highest BCUT2D eigenvalue weighted by atomic mass is 16.5. The Kier molecular flexibility index (Phi) is 5.25. The quantitative estimate of drug-likeness (QED) is 0.661. The van der Waals surface area contributed by atoms with Gasteiger partial charge < -0.3 is 14.6 Å². The molecule has 0 aromatic carbocycles. The second-order valence-corrected chi connectivity index (χ2v) is 3.33. The lowest BCUT2D eigenvalue weighted by atomic mass is 10.3. The van der Waals surface area contributed by atoms with Gasteiger partial charge in [-0.2, -0.15) is 0 Å². The number of ether oxygens (including phenoxy) is 1. The molecule has 0 amide bonds. The molecule has 0 aliphatic heterocycles.